The average molecular weight is 367 g/mol. The number of anilines is 1. The molecule has 2 aromatic rings. The molecule has 0 radical (unpaired) electrons. The maximum absolute atomic E-state index is 12.6. The summed E-state index contributed by atoms with van der Waals surface area (Å²) < 4.78 is 7.79. The van der Waals surface area contributed by atoms with E-state index in [0.717, 1.165) is 9.13 Å². The number of hydrogen-bond donors (Lipinski definition) is 4. The Morgan fingerprint density at radius 2 is 2.15 bits per heavy atom. The quantitative estimate of drug-likeness (QED) is 0.522. The van der Waals surface area contributed by atoms with E-state index in [1.807, 2.05) is 0 Å². The number of aliphatic hydroxyl groups excluding tert-OH is 2. The minimum Gasteiger partial charge on any atom is -0.394 e. The normalized spacial score (nSPS) is 23.1. The number of hydrogen-bond acceptors (Lipinski definition) is 7. The Hall–Kier alpha value is -2.50. The van der Waals surface area contributed by atoms with Gasteiger partial charge in [-0.15, -0.1) is 0 Å². The van der Waals surface area contributed by atoms with Crippen LogP contribution in [0.4, 0.5) is 5.95 Å². The number of nitrogens with zero attached hydrogens (tertiary/aromatic N) is 3. The van der Waals surface area contributed by atoms with Crippen molar-refractivity contribution in [2.24, 2.45) is 13.0 Å². The number of amides is 1. The number of aromatic amines is 1. The van der Waals surface area contributed by atoms with E-state index in [4.69, 9.17) is 4.74 Å². The number of ether oxygens (including phenoxy) is 1. The molecule has 1 saturated heterocycles. The maximum Gasteiger partial charge on any atom is 0.332 e. The van der Waals surface area contributed by atoms with Crippen LogP contribution in [0.25, 0.3) is 11.2 Å². The lowest BCUT2D eigenvalue weighted by atomic mass is 10.2. The molecule has 0 aliphatic carbocycles. The zero-order valence-corrected chi connectivity index (χ0v) is 14.6. The van der Waals surface area contributed by atoms with E-state index in [2.05, 4.69) is 15.3 Å². The first kappa shape index (κ1) is 18.3. The van der Waals surface area contributed by atoms with Gasteiger partial charge < -0.3 is 14.9 Å². The van der Waals surface area contributed by atoms with Crippen molar-refractivity contribution in [2.75, 3.05) is 11.9 Å². The van der Waals surface area contributed by atoms with Crippen LogP contribution in [0.15, 0.2) is 9.59 Å². The average Bonchev–Trinajstić information content (AvgIpc) is 3.05. The topological polar surface area (TPSA) is 151 Å². The molecule has 0 unspecified atom stereocenters. The Morgan fingerprint density at radius 3 is 2.73 bits per heavy atom. The second-order valence-corrected chi connectivity index (χ2v) is 6.56. The minimum atomic E-state index is -0.950. The lowest BCUT2D eigenvalue weighted by Gasteiger charge is -2.13. The largest absolute Gasteiger partial charge is 0.394 e. The van der Waals surface area contributed by atoms with E-state index in [-0.39, 0.29) is 35.4 Å². The summed E-state index contributed by atoms with van der Waals surface area (Å²) in [6, 6.07) is 0. The van der Waals surface area contributed by atoms with Gasteiger partial charge in [0, 0.05) is 19.4 Å². The number of aromatic nitrogens is 4. The SMILES string of the molecule is CC(C)C(=O)Nc1nc2c(c(=O)[nH]1)n(C)c(=O)n2[C@H]1C[C@H](O)[C@@H](CO)O1. The first-order valence-corrected chi connectivity index (χ1v) is 8.21. The van der Waals surface area contributed by atoms with E-state index >= 15 is 0 Å². The number of carbonyl (C=O) groups is 1. The Bertz CT molecular complexity index is 958. The highest BCUT2D eigenvalue weighted by Gasteiger charge is 2.37. The Morgan fingerprint density at radius 1 is 1.46 bits per heavy atom. The summed E-state index contributed by atoms with van der Waals surface area (Å²) in [5, 5.41) is 21.6. The fraction of sp³-hybridized carbons (Fsp3) is 0.600. The van der Waals surface area contributed by atoms with Crippen LogP contribution in [0.3, 0.4) is 0 Å². The molecule has 3 atom stereocenters. The number of aliphatic hydroxyl groups is 2. The summed E-state index contributed by atoms with van der Waals surface area (Å²) in [6.45, 7) is 2.97. The highest BCUT2D eigenvalue weighted by molar-refractivity contribution is 5.91. The number of nitrogens with one attached hydrogen (secondary N) is 2. The Balaban J connectivity index is 2.13. The molecular weight excluding hydrogens is 346 g/mol. The second kappa shape index (κ2) is 6.67. The standard InChI is InChI=1S/C15H21N5O6/c1-6(2)12(23)17-14-16-11-10(13(24)18-14)19(3)15(25)20(11)9-4-7(22)8(5-21)26-9/h6-9,21-22H,4-5H2,1-3H3,(H2,16,17,18,23,24)/t7-,8+,9+/m0/s1. The van der Waals surface area contributed by atoms with E-state index in [0.29, 0.717) is 0 Å². The molecule has 1 fully saturated rings. The lowest BCUT2D eigenvalue weighted by Crippen LogP contribution is -2.27. The van der Waals surface area contributed by atoms with Crippen molar-refractivity contribution in [3.8, 4) is 0 Å². The molecule has 3 heterocycles. The monoisotopic (exact) mass is 367 g/mol. The smallest absolute Gasteiger partial charge is 0.332 e. The van der Waals surface area contributed by atoms with Crippen molar-refractivity contribution in [1.82, 2.24) is 19.1 Å². The zero-order chi connectivity index (χ0) is 19.2. The van der Waals surface area contributed by atoms with Gasteiger partial charge in [-0.2, -0.15) is 4.98 Å². The highest BCUT2D eigenvalue weighted by atomic mass is 16.5. The van der Waals surface area contributed by atoms with Crippen molar-refractivity contribution < 1.29 is 19.7 Å². The fourth-order valence-corrected chi connectivity index (χ4v) is 2.89. The van der Waals surface area contributed by atoms with E-state index in [1.165, 1.54) is 7.05 Å². The van der Waals surface area contributed by atoms with E-state index in [1.54, 1.807) is 13.8 Å². The highest BCUT2D eigenvalue weighted by Crippen LogP contribution is 2.29. The van der Waals surface area contributed by atoms with Gasteiger partial charge in [0.15, 0.2) is 11.2 Å². The molecule has 26 heavy (non-hydrogen) atoms. The molecule has 1 aliphatic heterocycles. The Kier molecular flexibility index (Phi) is 4.69. The van der Waals surface area contributed by atoms with Crippen LogP contribution in [0.2, 0.25) is 0 Å². The van der Waals surface area contributed by atoms with E-state index in [9.17, 15) is 24.6 Å². The third kappa shape index (κ3) is 2.93. The van der Waals surface area contributed by atoms with Crippen LogP contribution in [0.1, 0.15) is 26.5 Å². The molecule has 142 valence electrons. The molecule has 3 rings (SSSR count). The predicted octanol–water partition coefficient (Wildman–Crippen LogP) is -1.34. The minimum absolute atomic E-state index is 0.0167. The van der Waals surface area contributed by atoms with Crippen LogP contribution in [0.5, 0.6) is 0 Å². The summed E-state index contributed by atoms with van der Waals surface area (Å²) >= 11 is 0. The summed E-state index contributed by atoms with van der Waals surface area (Å²) in [6.07, 6.45) is -2.60. The van der Waals surface area contributed by atoms with Gasteiger partial charge in [-0.05, 0) is 0 Å². The molecule has 0 aromatic carbocycles. The second-order valence-electron chi connectivity index (χ2n) is 6.56. The van der Waals surface area contributed by atoms with Gasteiger partial charge in [0.25, 0.3) is 5.56 Å². The summed E-state index contributed by atoms with van der Waals surface area (Å²) in [5.41, 5.74) is -1.11. The number of imidazole rings is 1. The van der Waals surface area contributed by atoms with Crippen LogP contribution in [-0.4, -0.2) is 54.0 Å². The molecule has 0 spiro atoms. The van der Waals surface area contributed by atoms with Gasteiger partial charge in [-0.25, -0.2) is 9.36 Å². The summed E-state index contributed by atoms with van der Waals surface area (Å²) in [7, 11) is 1.42. The van der Waals surface area contributed by atoms with Crippen molar-refractivity contribution in [3.63, 3.8) is 0 Å². The van der Waals surface area contributed by atoms with E-state index < -0.39 is 36.3 Å². The van der Waals surface area contributed by atoms with Crippen LogP contribution in [-0.2, 0) is 16.6 Å². The first-order valence-electron chi connectivity index (χ1n) is 8.21. The molecular formula is C15H21N5O6. The van der Waals surface area contributed by atoms with Crippen LogP contribution in [0, 0.1) is 5.92 Å². The third-order valence-electron chi connectivity index (χ3n) is 4.37. The van der Waals surface area contributed by atoms with Gasteiger partial charge in [-0.3, -0.25) is 24.5 Å². The first-order chi connectivity index (χ1) is 12.2. The number of aryl methyl sites for hydroxylation is 1. The van der Waals surface area contributed by atoms with Gasteiger partial charge in [0.2, 0.25) is 11.9 Å². The molecule has 1 amide bonds. The van der Waals surface area contributed by atoms with Crippen molar-refractivity contribution in [3.05, 3.63) is 20.8 Å². The number of carbonyl (C=O) groups excluding carboxylic acids is 1. The Labute approximate surface area is 147 Å². The maximum atomic E-state index is 12.6. The van der Waals surface area contributed by atoms with Crippen molar-refractivity contribution in [1.29, 1.82) is 0 Å². The van der Waals surface area contributed by atoms with Crippen LogP contribution < -0.4 is 16.6 Å². The zero-order valence-electron chi connectivity index (χ0n) is 14.6. The molecule has 0 saturated carbocycles. The van der Waals surface area contributed by atoms with Crippen molar-refractivity contribution in [2.45, 2.75) is 38.7 Å². The van der Waals surface area contributed by atoms with Crippen molar-refractivity contribution >= 4 is 23.0 Å². The molecule has 4 N–H and O–H groups in total. The molecule has 1 aliphatic rings. The van der Waals surface area contributed by atoms with Crippen LogP contribution >= 0.6 is 0 Å². The summed E-state index contributed by atoms with van der Waals surface area (Å²) in [4.78, 5) is 43.5. The third-order valence-corrected chi connectivity index (χ3v) is 4.37. The predicted molar refractivity (Wildman–Crippen MR) is 90.7 cm³/mol. The fourth-order valence-electron chi connectivity index (χ4n) is 2.89. The molecule has 2 aromatic heterocycles. The van der Waals surface area contributed by atoms with Gasteiger partial charge in [-0.1, -0.05) is 13.8 Å². The lowest BCUT2D eigenvalue weighted by molar-refractivity contribution is -0.118. The number of H-pyrrole nitrogens is 1. The molecule has 11 nitrogen and oxygen atoms in total. The summed E-state index contributed by atoms with van der Waals surface area (Å²) in [5.74, 6) is -0.754. The number of rotatable bonds is 4. The van der Waals surface area contributed by atoms with Gasteiger partial charge in [0.1, 0.15) is 12.3 Å². The number of fused-ring (bicyclic) bond motifs is 1. The molecule has 11 heteroatoms. The van der Waals surface area contributed by atoms with Gasteiger partial charge >= 0.3 is 5.69 Å². The van der Waals surface area contributed by atoms with Gasteiger partial charge in [0.05, 0.1) is 12.7 Å². The molecule has 0 bridgehead atoms.